The summed E-state index contributed by atoms with van der Waals surface area (Å²) in [6.45, 7) is 0. The van der Waals surface area contributed by atoms with E-state index in [1.807, 2.05) is 0 Å². The second kappa shape index (κ2) is 5.94. The molecule has 2 rings (SSSR count). The SMILES string of the molecule is O=S(=O)([N-]S(=O)(=O)c1ccc(Cl)cc1)c1ccc(Cl)cc1. The molecule has 0 radical (unpaired) electrons. The van der Waals surface area contributed by atoms with Crippen LogP contribution in [0.15, 0.2) is 58.3 Å². The van der Waals surface area contributed by atoms with E-state index in [-0.39, 0.29) is 9.79 Å². The molecule has 0 spiro atoms. The first-order chi connectivity index (χ1) is 9.71. The van der Waals surface area contributed by atoms with Gasteiger partial charge in [0.25, 0.3) is 0 Å². The van der Waals surface area contributed by atoms with Crippen molar-refractivity contribution < 1.29 is 16.8 Å². The van der Waals surface area contributed by atoms with E-state index in [9.17, 15) is 16.8 Å². The Labute approximate surface area is 132 Å². The third-order valence-corrected chi connectivity index (χ3v) is 6.23. The van der Waals surface area contributed by atoms with E-state index in [0.29, 0.717) is 10.0 Å². The van der Waals surface area contributed by atoms with Crippen LogP contribution in [-0.4, -0.2) is 16.8 Å². The molecule has 21 heavy (non-hydrogen) atoms. The molecule has 0 N–H and O–H groups in total. The number of benzene rings is 2. The summed E-state index contributed by atoms with van der Waals surface area (Å²) < 4.78 is 50.9. The minimum absolute atomic E-state index is 0.260. The van der Waals surface area contributed by atoms with Crippen LogP contribution >= 0.6 is 23.2 Å². The van der Waals surface area contributed by atoms with Crippen LogP contribution in [0.3, 0.4) is 0 Å². The number of halogens is 2. The Morgan fingerprint density at radius 2 is 0.905 bits per heavy atom. The average Bonchev–Trinajstić information content (AvgIpc) is 2.38. The molecule has 5 nitrogen and oxygen atoms in total. The Hall–Kier alpha value is -1.12. The van der Waals surface area contributed by atoms with Crippen LogP contribution in [0.2, 0.25) is 10.0 Å². The summed E-state index contributed by atoms with van der Waals surface area (Å²) in [7, 11) is -8.70. The summed E-state index contributed by atoms with van der Waals surface area (Å²) in [5, 5.41) is 0.656. The van der Waals surface area contributed by atoms with Gasteiger partial charge in [-0.25, -0.2) is 16.8 Å². The van der Waals surface area contributed by atoms with Gasteiger partial charge < -0.3 is 4.13 Å². The Morgan fingerprint density at radius 1 is 0.619 bits per heavy atom. The maximum Gasteiger partial charge on any atom is 0.112 e. The van der Waals surface area contributed by atoms with Crippen molar-refractivity contribution in [2.24, 2.45) is 0 Å². The molecule has 0 saturated heterocycles. The van der Waals surface area contributed by atoms with Gasteiger partial charge in [0.1, 0.15) is 20.0 Å². The first kappa shape index (κ1) is 16.3. The van der Waals surface area contributed by atoms with E-state index in [1.165, 1.54) is 48.5 Å². The maximum absolute atomic E-state index is 12.0. The molecule has 0 bridgehead atoms. The zero-order chi connectivity index (χ0) is 15.7. The number of rotatable bonds is 4. The van der Waals surface area contributed by atoms with Crippen LogP contribution in [-0.2, 0) is 20.0 Å². The van der Waals surface area contributed by atoms with Crippen molar-refractivity contribution in [1.82, 2.24) is 0 Å². The molecule has 0 amide bonds. The van der Waals surface area contributed by atoms with Gasteiger partial charge in [0.05, 0.1) is 0 Å². The second-order valence-electron chi connectivity index (χ2n) is 3.93. The van der Waals surface area contributed by atoms with Crippen LogP contribution in [0.1, 0.15) is 0 Å². The molecule has 0 aliphatic rings. The lowest BCUT2D eigenvalue weighted by atomic mass is 10.4. The Bertz CT molecular complexity index is 772. The zero-order valence-corrected chi connectivity index (χ0v) is 13.4. The molecule has 0 aromatic heterocycles. The van der Waals surface area contributed by atoms with Crippen molar-refractivity contribution in [3.05, 3.63) is 62.7 Å². The first-order valence-corrected chi connectivity index (χ1v) is 9.10. The van der Waals surface area contributed by atoms with E-state index >= 15 is 0 Å². The normalized spacial score (nSPS) is 12.3. The van der Waals surface area contributed by atoms with Crippen LogP contribution < -0.4 is 0 Å². The first-order valence-electron chi connectivity index (χ1n) is 5.46. The molecule has 0 atom stereocenters. The molecule has 0 aliphatic heterocycles. The fraction of sp³-hybridized carbons (Fsp3) is 0. The highest BCUT2D eigenvalue weighted by molar-refractivity contribution is 8.12. The van der Waals surface area contributed by atoms with Crippen molar-refractivity contribution in [3.63, 3.8) is 0 Å². The summed E-state index contributed by atoms with van der Waals surface area (Å²) in [6, 6.07) is 10.0. The van der Waals surface area contributed by atoms with Gasteiger partial charge in [-0.05, 0) is 48.5 Å². The molecule has 0 heterocycles. The second-order valence-corrected chi connectivity index (χ2v) is 8.24. The lowest BCUT2D eigenvalue weighted by Gasteiger charge is -2.20. The summed E-state index contributed by atoms with van der Waals surface area (Å²) in [6.07, 6.45) is 0. The number of hydrogen-bond donors (Lipinski definition) is 0. The summed E-state index contributed by atoms with van der Waals surface area (Å²) in [5.41, 5.74) is 0. The van der Waals surface area contributed by atoms with Crippen LogP contribution in [0.5, 0.6) is 0 Å². The smallest absolute Gasteiger partial charge is 0.112 e. The standard InChI is InChI=1S/C12H8Cl2NO4S2/c13-9-1-5-11(6-2-9)20(16,17)15-21(18,19)12-7-3-10(14)4-8-12/h1-8H/q-1. The van der Waals surface area contributed by atoms with Crippen molar-refractivity contribution in [1.29, 1.82) is 0 Å². The summed E-state index contributed by atoms with van der Waals surface area (Å²) >= 11 is 11.3. The number of nitrogens with zero attached hydrogens (tertiary/aromatic N) is 1. The van der Waals surface area contributed by atoms with Crippen molar-refractivity contribution in [2.75, 3.05) is 0 Å². The quantitative estimate of drug-likeness (QED) is 0.831. The number of sulfonamides is 2. The zero-order valence-electron chi connectivity index (χ0n) is 10.3. The van der Waals surface area contributed by atoms with Gasteiger partial charge in [-0.15, -0.1) is 0 Å². The largest absolute Gasteiger partial charge is 0.428 e. The molecule has 0 aliphatic carbocycles. The van der Waals surface area contributed by atoms with Gasteiger partial charge in [0.2, 0.25) is 0 Å². The minimum atomic E-state index is -4.35. The molecule has 0 saturated carbocycles. The third kappa shape index (κ3) is 3.96. The highest BCUT2D eigenvalue weighted by atomic mass is 35.5. The van der Waals surface area contributed by atoms with Gasteiger partial charge >= 0.3 is 0 Å². The Balaban J connectivity index is 2.35. The van der Waals surface area contributed by atoms with Crippen molar-refractivity contribution >= 4 is 43.2 Å². The Morgan fingerprint density at radius 3 is 1.19 bits per heavy atom. The lowest BCUT2D eigenvalue weighted by molar-refractivity contribution is 0.595. The van der Waals surface area contributed by atoms with Gasteiger partial charge in [0, 0.05) is 19.8 Å². The van der Waals surface area contributed by atoms with E-state index in [2.05, 4.69) is 4.13 Å². The fourth-order valence-electron chi connectivity index (χ4n) is 1.43. The monoisotopic (exact) mass is 364 g/mol. The van der Waals surface area contributed by atoms with Crippen molar-refractivity contribution in [2.45, 2.75) is 9.79 Å². The maximum atomic E-state index is 12.0. The highest BCUT2D eigenvalue weighted by Gasteiger charge is 2.13. The van der Waals surface area contributed by atoms with E-state index in [1.54, 1.807) is 0 Å². The molecular formula is C12H8Cl2NO4S2-. The van der Waals surface area contributed by atoms with Gasteiger partial charge in [0.15, 0.2) is 0 Å². The van der Waals surface area contributed by atoms with Crippen LogP contribution in [0.25, 0.3) is 4.13 Å². The van der Waals surface area contributed by atoms with E-state index in [4.69, 9.17) is 23.2 Å². The van der Waals surface area contributed by atoms with Crippen LogP contribution in [0, 0.1) is 0 Å². The predicted molar refractivity (Wildman–Crippen MR) is 80.6 cm³/mol. The third-order valence-electron chi connectivity index (χ3n) is 2.42. The Kier molecular flexibility index (Phi) is 4.60. The van der Waals surface area contributed by atoms with Gasteiger partial charge in [-0.3, -0.25) is 0 Å². The molecule has 9 heteroatoms. The van der Waals surface area contributed by atoms with Crippen LogP contribution in [0.4, 0.5) is 0 Å². The molecule has 0 fully saturated rings. The average molecular weight is 365 g/mol. The highest BCUT2D eigenvalue weighted by Crippen LogP contribution is 2.27. The topological polar surface area (TPSA) is 82.4 Å². The summed E-state index contributed by atoms with van der Waals surface area (Å²) in [5.74, 6) is 0. The summed E-state index contributed by atoms with van der Waals surface area (Å²) in [4.78, 5) is -0.520. The molecule has 2 aromatic carbocycles. The molecule has 112 valence electrons. The van der Waals surface area contributed by atoms with E-state index < -0.39 is 20.0 Å². The van der Waals surface area contributed by atoms with Gasteiger partial charge in [-0.2, -0.15) is 0 Å². The molecule has 0 unspecified atom stereocenters. The molecular weight excluding hydrogens is 357 g/mol. The number of hydrogen-bond acceptors (Lipinski definition) is 4. The molecule has 2 aromatic rings. The van der Waals surface area contributed by atoms with Gasteiger partial charge in [-0.1, -0.05) is 23.2 Å². The minimum Gasteiger partial charge on any atom is -0.428 e. The lowest BCUT2D eigenvalue weighted by Crippen LogP contribution is -2.07. The predicted octanol–water partition coefficient (Wildman–Crippen LogP) is 3.44. The fourth-order valence-corrected chi connectivity index (χ4v) is 4.36. The van der Waals surface area contributed by atoms with E-state index in [0.717, 1.165) is 0 Å². The van der Waals surface area contributed by atoms with Crippen molar-refractivity contribution in [3.8, 4) is 0 Å².